The lowest BCUT2D eigenvalue weighted by atomic mass is 10.2. The molecule has 2 aliphatic rings. The van der Waals surface area contributed by atoms with Gasteiger partial charge in [0.15, 0.2) is 5.96 Å². The molecule has 1 saturated carbocycles. The van der Waals surface area contributed by atoms with Crippen molar-refractivity contribution in [2.24, 2.45) is 4.99 Å². The fourth-order valence-electron chi connectivity index (χ4n) is 3.75. The first-order valence-electron chi connectivity index (χ1n) is 8.81. The zero-order valence-electron chi connectivity index (χ0n) is 14.6. The molecule has 1 heterocycles. The Bertz CT molecular complexity index is 592. The van der Waals surface area contributed by atoms with Crippen LogP contribution in [-0.4, -0.2) is 43.1 Å². The minimum Gasteiger partial charge on any atom is -0.352 e. The van der Waals surface area contributed by atoms with Gasteiger partial charge in [0.25, 0.3) is 0 Å². The van der Waals surface area contributed by atoms with Crippen LogP contribution in [0, 0.1) is 5.82 Å². The fourth-order valence-corrected chi connectivity index (χ4v) is 4.16. The molecule has 25 heavy (non-hydrogen) atoms. The maximum Gasteiger partial charge on any atom is 0.191 e. The van der Waals surface area contributed by atoms with Crippen LogP contribution in [0.5, 0.6) is 0 Å². The lowest BCUT2D eigenvalue weighted by Crippen LogP contribution is -2.45. The molecule has 7 heteroatoms. The van der Waals surface area contributed by atoms with Gasteiger partial charge in [-0.1, -0.05) is 28.8 Å². The van der Waals surface area contributed by atoms with Crippen molar-refractivity contribution in [1.82, 2.24) is 15.5 Å². The summed E-state index contributed by atoms with van der Waals surface area (Å²) in [6.45, 7) is 2.67. The first-order valence-corrected chi connectivity index (χ1v) is 9.60. The minimum atomic E-state index is -0.200. The zero-order chi connectivity index (χ0) is 16.9. The second-order valence-electron chi connectivity index (χ2n) is 6.72. The van der Waals surface area contributed by atoms with Crippen molar-refractivity contribution < 1.29 is 4.39 Å². The summed E-state index contributed by atoms with van der Waals surface area (Å²) in [5.41, 5.74) is 0.631. The predicted octanol–water partition coefficient (Wildman–Crippen LogP) is 3.89. The number of hydrogen-bond acceptors (Lipinski definition) is 2. The van der Waals surface area contributed by atoms with E-state index in [-0.39, 0.29) is 29.8 Å². The van der Waals surface area contributed by atoms with Gasteiger partial charge in [-0.25, -0.2) is 4.39 Å². The van der Waals surface area contributed by atoms with E-state index in [0.29, 0.717) is 18.2 Å². The summed E-state index contributed by atoms with van der Waals surface area (Å²) in [7, 11) is 1.76. The van der Waals surface area contributed by atoms with Crippen molar-refractivity contribution in [1.29, 1.82) is 0 Å². The van der Waals surface area contributed by atoms with Crippen LogP contribution in [0.4, 0.5) is 4.39 Å². The van der Waals surface area contributed by atoms with Crippen molar-refractivity contribution in [3.63, 3.8) is 0 Å². The Kier molecular flexibility index (Phi) is 8.41. The summed E-state index contributed by atoms with van der Waals surface area (Å²) in [6, 6.07) is 6.19. The highest BCUT2D eigenvalue weighted by Gasteiger charge is 2.30. The number of benzene rings is 1. The van der Waals surface area contributed by atoms with Crippen LogP contribution >= 0.6 is 39.9 Å². The smallest absolute Gasteiger partial charge is 0.191 e. The van der Waals surface area contributed by atoms with Gasteiger partial charge in [-0.05, 0) is 37.5 Å². The Morgan fingerprint density at radius 2 is 2.08 bits per heavy atom. The number of aliphatic imine (C=N–C) groups is 1. The normalized spacial score (nSPS) is 22.0. The first-order chi connectivity index (χ1) is 11.7. The van der Waals surface area contributed by atoms with E-state index in [1.165, 1.54) is 38.3 Å². The van der Waals surface area contributed by atoms with Crippen LogP contribution in [0.1, 0.15) is 37.7 Å². The summed E-state index contributed by atoms with van der Waals surface area (Å²) < 4.78 is 14.7. The molecule has 1 aliphatic heterocycles. The number of rotatable bonds is 4. The van der Waals surface area contributed by atoms with E-state index in [1.807, 2.05) is 0 Å². The number of nitrogens with zero attached hydrogens (tertiary/aromatic N) is 2. The van der Waals surface area contributed by atoms with Crippen molar-refractivity contribution in [3.05, 3.63) is 34.1 Å². The average Bonchev–Trinajstić information content (AvgIpc) is 3.25. The Labute approximate surface area is 175 Å². The predicted molar refractivity (Wildman–Crippen MR) is 115 cm³/mol. The largest absolute Gasteiger partial charge is 0.352 e. The SMILES string of the molecule is CN=C(NCc1cc(Br)ccc1F)NC1CCN(C2CCCC2)C1.I. The van der Waals surface area contributed by atoms with E-state index in [2.05, 4.69) is 36.5 Å². The highest BCUT2D eigenvalue weighted by molar-refractivity contribution is 14.0. The summed E-state index contributed by atoms with van der Waals surface area (Å²) in [4.78, 5) is 6.90. The Morgan fingerprint density at radius 3 is 2.80 bits per heavy atom. The zero-order valence-corrected chi connectivity index (χ0v) is 18.5. The molecular formula is C18H27BrFIN4. The third-order valence-corrected chi connectivity index (χ3v) is 5.57. The van der Waals surface area contributed by atoms with Crippen molar-refractivity contribution >= 4 is 45.9 Å². The van der Waals surface area contributed by atoms with Crippen LogP contribution in [0.2, 0.25) is 0 Å². The molecule has 1 saturated heterocycles. The molecule has 1 atom stereocenters. The number of nitrogens with one attached hydrogen (secondary N) is 2. The number of hydrogen-bond donors (Lipinski definition) is 2. The molecule has 140 valence electrons. The molecule has 1 aliphatic carbocycles. The van der Waals surface area contributed by atoms with Crippen LogP contribution < -0.4 is 10.6 Å². The fraction of sp³-hybridized carbons (Fsp3) is 0.611. The summed E-state index contributed by atoms with van der Waals surface area (Å²) in [5.74, 6) is 0.544. The summed E-state index contributed by atoms with van der Waals surface area (Å²) in [6.07, 6.45) is 6.59. The highest BCUT2D eigenvalue weighted by atomic mass is 127. The van der Waals surface area contributed by atoms with Gasteiger partial charge in [0.05, 0.1) is 0 Å². The molecule has 0 spiro atoms. The molecule has 0 amide bonds. The maximum atomic E-state index is 13.8. The Balaban J connectivity index is 0.00000225. The van der Waals surface area contributed by atoms with Crippen LogP contribution in [0.25, 0.3) is 0 Å². The van der Waals surface area contributed by atoms with E-state index in [9.17, 15) is 4.39 Å². The van der Waals surface area contributed by atoms with Gasteiger partial charge >= 0.3 is 0 Å². The van der Waals surface area contributed by atoms with Gasteiger partial charge < -0.3 is 10.6 Å². The highest BCUT2D eigenvalue weighted by Crippen LogP contribution is 2.26. The number of halogens is 3. The average molecular weight is 525 g/mol. The lowest BCUT2D eigenvalue weighted by Gasteiger charge is -2.24. The second kappa shape index (κ2) is 10.1. The molecule has 1 aromatic carbocycles. The van der Waals surface area contributed by atoms with Gasteiger partial charge in [-0.3, -0.25) is 9.89 Å². The van der Waals surface area contributed by atoms with E-state index in [0.717, 1.165) is 29.4 Å². The quantitative estimate of drug-likeness (QED) is 0.356. The monoisotopic (exact) mass is 524 g/mol. The van der Waals surface area contributed by atoms with Crippen LogP contribution in [0.3, 0.4) is 0 Å². The van der Waals surface area contributed by atoms with E-state index >= 15 is 0 Å². The van der Waals surface area contributed by atoms with Gasteiger partial charge in [-0.15, -0.1) is 24.0 Å². The first kappa shape index (κ1) is 20.9. The maximum absolute atomic E-state index is 13.8. The molecule has 1 unspecified atom stereocenters. The molecule has 1 aromatic rings. The topological polar surface area (TPSA) is 39.7 Å². The summed E-state index contributed by atoms with van der Waals surface area (Å²) in [5, 5.41) is 6.71. The third kappa shape index (κ3) is 5.79. The van der Waals surface area contributed by atoms with Crippen LogP contribution in [0.15, 0.2) is 27.7 Å². The van der Waals surface area contributed by atoms with Crippen molar-refractivity contribution in [2.45, 2.75) is 50.7 Å². The molecular weight excluding hydrogens is 498 g/mol. The van der Waals surface area contributed by atoms with Gasteiger partial charge in [0.2, 0.25) is 0 Å². The molecule has 0 radical (unpaired) electrons. The van der Waals surface area contributed by atoms with E-state index in [4.69, 9.17) is 0 Å². The number of likely N-dealkylation sites (tertiary alicyclic amines) is 1. The third-order valence-electron chi connectivity index (χ3n) is 5.08. The minimum absolute atomic E-state index is 0. The standard InChI is InChI=1S/C18H26BrFN4.HI/c1-21-18(22-11-13-10-14(19)6-7-17(13)20)23-15-8-9-24(12-15)16-4-2-3-5-16;/h6-7,10,15-16H,2-5,8-9,11-12H2,1H3,(H2,21,22,23);1H. The Hall–Kier alpha value is -0.410. The molecule has 3 rings (SSSR count). The summed E-state index contributed by atoms with van der Waals surface area (Å²) >= 11 is 3.38. The Morgan fingerprint density at radius 1 is 1.32 bits per heavy atom. The van der Waals surface area contributed by atoms with E-state index in [1.54, 1.807) is 19.2 Å². The second-order valence-corrected chi connectivity index (χ2v) is 7.64. The molecule has 0 bridgehead atoms. The van der Waals surface area contributed by atoms with Crippen molar-refractivity contribution in [3.8, 4) is 0 Å². The van der Waals surface area contributed by atoms with Gasteiger partial charge in [0, 0.05) is 48.8 Å². The molecule has 2 N–H and O–H groups in total. The van der Waals surface area contributed by atoms with Gasteiger partial charge in [-0.2, -0.15) is 0 Å². The van der Waals surface area contributed by atoms with Crippen LogP contribution in [-0.2, 0) is 6.54 Å². The molecule has 0 aromatic heterocycles. The molecule has 4 nitrogen and oxygen atoms in total. The van der Waals surface area contributed by atoms with Crippen molar-refractivity contribution in [2.75, 3.05) is 20.1 Å². The van der Waals surface area contributed by atoms with E-state index < -0.39 is 0 Å². The molecule has 2 fully saturated rings. The van der Waals surface area contributed by atoms with Gasteiger partial charge in [0.1, 0.15) is 5.82 Å². The lowest BCUT2D eigenvalue weighted by molar-refractivity contribution is 0.242. The number of guanidine groups is 1.